The van der Waals surface area contributed by atoms with E-state index in [9.17, 15) is 9.59 Å². The number of esters is 1. The fourth-order valence-electron chi connectivity index (χ4n) is 3.78. The van der Waals surface area contributed by atoms with Crippen molar-refractivity contribution < 1.29 is 23.8 Å². The van der Waals surface area contributed by atoms with Gasteiger partial charge in [-0.25, -0.2) is 4.79 Å². The molecule has 0 spiro atoms. The predicted molar refractivity (Wildman–Crippen MR) is 117 cm³/mol. The van der Waals surface area contributed by atoms with Crippen molar-refractivity contribution >= 4 is 11.9 Å². The number of carbonyl (C=O) groups excluding carboxylic acids is 2. The fourth-order valence-corrected chi connectivity index (χ4v) is 3.78. The number of hydrogen-bond donors (Lipinski definition) is 1. The van der Waals surface area contributed by atoms with E-state index in [0.717, 1.165) is 11.1 Å². The Labute approximate surface area is 182 Å². The highest BCUT2D eigenvalue weighted by molar-refractivity contribution is 5.87. The van der Waals surface area contributed by atoms with Crippen LogP contribution in [0.3, 0.4) is 0 Å². The summed E-state index contributed by atoms with van der Waals surface area (Å²) in [5, 5.41) is 3.17. The molecule has 31 heavy (non-hydrogen) atoms. The Morgan fingerprint density at radius 1 is 1.10 bits per heavy atom. The van der Waals surface area contributed by atoms with Crippen LogP contribution in [0.25, 0.3) is 0 Å². The molecule has 164 valence electrons. The first kappa shape index (κ1) is 22.2. The summed E-state index contributed by atoms with van der Waals surface area (Å²) in [5.74, 6) is 0.748. The Kier molecular flexibility index (Phi) is 7.18. The Hall–Kier alpha value is -3.48. The van der Waals surface area contributed by atoms with Gasteiger partial charge in [0.15, 0.2) is 0 Å². The Balaban J connectivity index is 1.80. The van der Waals surface area contributed by atoms with Gasteiger partial charge >= 0.3 is 5.97 Å². The van der Waals surface area contributed by atoms with Gasteiger partial charge in [0.05, 0.1) is 33.3 Å². The number of ether oxygens (including phenoxy) is 3. The Morgan fingerprint density at radius 3 is 2.48 bits per heavy atom. The summed E-state index contributed by atoms with van der Waals surface area (Å²) < 4.78 is 15.4. The number of likely N-dealkylation sites (tertiary alicyclic amines) is 1. The number of carbonyl (C=O) groups is 2. The third-order valence-electron chi connectivity index (χ3n) is 5.43. The number of benzene rings is 2. The first-order valence-electron chi connectivity index (χ1n) is 10.0. The van der Waals surface area contributed by atoms with Crippen LogP contribution >= 0.6 is 0 Å². The normalized spacial score (nSPS) is 18.3. The number of allylic oxidation sites excluding steroid dienone is 1. The molecule has 7 heteroatoms. The standard InChI is InChI=1S/C24H28N2O5/c1-16(12-22(27)31-4)25-14-20-23(17-8-6-5-7-9-17)26(24(20)28)15-18-10-11-19(29-2)13-21(18)30-3/h5-13,20,23,25H,14-15H2,1-4H3/b16-12-/t20-,23+/m1/s1. The van der Waals surface area contributed by atoms with Crippen molar-refractivity contribution in [3.63, 3.8) is 0 Å². The van der Waals surface area contributed by atoms with Crippen LogP contribution in [0.4, 0.5) is 0 Å². The van der Waals surface area contributed by atoms with Crippen molar-refractivity contribution in [3.05, 3.63) is 71.4 Å². The minimum Gasteiger partial charge on any atom is -0.497 e. The molecule has 0 radical (unpaired) electrons. The van der Waals surface area contributed by atoms with Gasteiger partial charge in [-0.05, 0) is 24.6 Å². The zero-order chi connectivity index (χ0) is 22.4. The SMILES string of the molecule is COC(=O)/C=C(/C)NC[C@H]1C(=O)N(Cc2ccc(OC)cc2OC)[C@H]1c1ccccc1. The fraction of sp³-hybridized carbons (Fsp3) is 0.333. The Bertz CT molecular complexity index is 958. The topological polar surface area (TPSA) is 77.1 Å². The van der Waals surface area contributed by atoms with Gasteiger partial charge in [-0.15, -0.1) is 0 Å². The zero-order valence-corrected chi connectivity index (χ0v) is 18.3. The zero-order valence-electron chi connectivity index (χ0n) is 18.3. The molecule has 0 unspecified atom stereocenters. The van der Waals surface area contributed by atoms with E-state index in [1.165, 1.54) is 13.2 Å². The monoisotopic (exact) mass is 424 g/mol. The van der Waals surface area contributed by atoms with Gasteiger partial charge in [0.25, 0.3) is 0 Å². The second-order valence-electron chi connectivity index (χ2n) is 7.34. The van der Waals surface area contributed by atoms with Crippen molar-refractivity contribution in [2.75, 3.05) is 27.9 Å². The van der Waals surface area contributed by atoms with Gasteiger partial charge < -0.3 is 24.4 Å². The van der Waals surface area contributed by atoms with E-state index in [4.69, 9.17) is 9.47 Å². The molecule has 1 amide bonds. The van der Waals surface area contributed by atoms with Crippen molar-refractivity contribution in [2.24, 2.45) is 5.92 Å². The number of methoxy groups -OCH3 is 3. The van der Waals surface area contributed by atoms with Crippen LogP contribution in [0.1, 0.15) is 24.1 Å². The summed E-state index contributed by atoms with van der Waals surface area (Å²) >= 11 is 0. The van der Waals surface area contributed by atoms with Crippen LogP contribution < -0.4 is 14.8 Å². The molecule has 1 saturated heterocycles. The van der Waals surface area contributed by atoms with Crippen LogP contribution in [-0.4, -0.2) is 44.7 Å². The summed E-state index contributed by atoms with van der Waals surface area (Å²) in [6, 6.07) is 15.5. The second-order valence-corrected chi connectivity index (χ2v) is 7.34. The predicted octanol–water partition coefficient (Wildman–Crippen LogP) is 3.07. The largest absolute Gasteiger partial charge is 0.497 e. The van der Waals surface area contributed by atoms with Crippen LogP contribution in [0.2, 0.25) is 0 Å². The summed E-state index contributed by atoms with van der Waals surface area (Å²) in [5.41, 5.74) is 2.63. The van der Waals surface area contributed by atoms with Crippen LogP contribution in [0, 0.1) is 5.92 Å². The summed E-state index contributed by atoms with van der Waals surface area (Å²) in [6.45, 7) is 2.63. The molecule has 0 bridgehead atoms. The van der Waals surface area contributed by atoms with Crippen molar-refractivity contribution in [2.45, 2.75) is 19.5 Å². The molecule has 0 aliphatic carbocycles. The van der Waals surface area contributed by atoms with E-state index in [0.29, 0.717) is 30.3 Å². The van der Waals surface area contributed by atoms with Crippen molar-refractivity contribution in [3.8, 4) is 11.5 Å². The quantitative estimate of drug-likeness (QED) is 0.379. The number of nitrogens with zero attached hydrogens (tertiary/aromatic N) is 1. The molecule has 1 aliphatic rings. The maximum absolute atomic E-state index is 13.1. The van der Waals surface area contributed by atoms with E-state index < -0.39 is 5.97 Å². The average Bonchev–Trinajstić information content (AvgIpc) is 2.80. The maximum Gasteiger partial charge on any atom is 0.332 e. The van der Waals surface area contributed by atoms with Crippen LogP contribution in [0.15, 0.2) is 60.3 Å². The number of amides is 1. The van der Waals surface area contributed by atoms with Gasteiger partial charge in [-0.1, -0.05) is 30.3 Å². The lowest BCUT2D eigenvalue weighted by Gasteiger charge is -2.48. The van der Waals surface area contributed by atoms with Gasteiger partial charge in [0.1, 0.15) is 11.5 Å². The van der Waals surface area contributed by atoms with Gasteiger partial charge in [0.2, 0.25) is 5.91 Å². The molecular formula is C24H28N2O5. The lowest BCUT2D eigenvalue weighted by atomic mass is 9.81. The Morgan fingerprint density at radius 2 is 1.84 bits per heavy atom. The maximum atomic E-state index is 13.1. The highest BCUT2D eigenvalue weighted by Gasteiger charge is 2.47. The van der Waals surface area contributed by atoms with Gasteiger partial charge in [-0.2, -0.15) is 0 Å². The molecule has 1 heterocycles. The van der Waals surface area contributed by atoms with Crippen molar-refractivity contribution in [1.82, 2.24) is 10.2 Å². The molecule has 0 aromatic heterocycles. The molecule has 2 aromatic rings. The van der Waals surface area contributed by atoms with E-state index in [-0.39, 0.29) is 17.9 Å². The third-order valence-corrected chi connectivity index (χ3v) is 5.43. The highest BCUT2D eigenvalue weighted by Crippen LogP contribution is 2.42. The summed E-state index contributed by atoms with van der Waals surface area (Å²) in [6.07, 6.45) is 1.38. The van der Waals surface area contributed by atoms with Crippen molar-refractivity contribution in [1.29, 1.82) is 0 Å². The second kappa shape index (κ2) is 10.0. The molecule has 0 saturated carbocycles. The van der Waals surface area contributed by atoms with Gasteiger partial charge in [0, 0.05) is 36.5 Å². The molecule has 1 fully saturated rings. The molecule has 2 atom stereocenters. The number of rotatable bonds is 9. The first-order chi connectivity index (χ1) is 15.0. The van der Waals surface area contributed by atoms with E-state index in [1.54, 1.807) is 21.1 Å². The molecule has 1 N–H and O–H groups in total. The first-order valence-corrected chi connectivity index (χ1v) is 10.0. The molecule has 7 nitrogen and oxygen atoms in total. The van der Waals surface area contributed by atoms with E-state index in [2.05, 4.69) is 10.1 Å². The highest BCUT2D eigenvalue weighted by atomic mass is 16.5. The van der Waals surface area contributed by atoms with E-state index >= 15 is 0 Å². The van der Waals surface area contributed by atoms with E-state index in [1.807, 2.05) is 53.4 Å². The minimum atomic E-state index is -0.433. The molecule has 3 rings (SSSR count). The smallest absolute Gasteiger partial charge is 0.332 e. The summed E-state index contributed by atoms with van der Waals surface area (Å²) in [4.78, 5) is 26.4. The number of β-lactam (4-membered cyclic amide) rings is 1. The number of hydrogen-bond acceptors (Lipinski definition) is 6. The lowest BCUT2D eigenvalue weighted by molar-refractivity contribution is -0.157. The summed E-state index contributed by atoms with van der Waals surface area (Å²) in [7, 11) is 4.54. The lowest BCUT2D eigenvalue weighted by Crippen LogP contribution is -2.57. The van der Waals surface area contributed by atoms with Crippen LogP contribution in [-0.2, 0) is 20.9 Å². The third kappa shape index (κ3) is 4.99. The molecular weight excluding hydrogens is 396 g/mol. The average molecular weight is 424 g/mol. The minimum absolute atomic E-state index is 0.0464. The number of nitrogens with one attached hydrogen (secondary N) is 1. The molecule has 1 aliphatic heterocycles. The van der Waals surface area contributed by atoms with Crippen LogP contribution in [0.5, 0.6) is 11.5 Å². The van der Waals surface area contributed by atoms with Gasteiger partial charge in [-0.3, -0.25) is 4.79 Å². The molecule has 2 aromatic carbocycles.